The van der Waals surface area contributed by atoms with Crippen molar-refractivity contribution in [2.24, 2.45) is 0 Å². The van der Waals surface area contributed by atoms with Crippen molar-refractivity contribution in [3.8, 4) is 0 Å². The molecule has 0 saturated heterocycles. The molecule has 0 heterocycles. The summed E-state index contributed by atoms with van der Waals surface area (Å²) in [7, 11) is 0. The summed E-state index contributed by atoms with van der Waals surface area (Å²) in [6, 6.07) is 0. The third kappa shape index (κ3) is 9.16. The van der Waals surface area contributed by atoms with Gasteiger partial charge in [0.15, 0.2) is 0 Å². The Bertz CT molecular complexity index is 6.00. The summed E-state index contributed by atoms with van der Waals surface area (Å²) in [5.74, 6) is 0. The number of hydrogen-bond donors (Lipinski definition) is 0. The monoisotopic (exact) mass is 233 g/mol. The van der Waals surface area contributed by atoms with Crippen LogP contribution in [0, 0.1) is 0 Å². The van der Waals surface area contributed by atoms with Crippen LogP contribution in [0.4, 0.5) is 0 Å². The maximum atomic E-state index is 0. The SMILES string of the molecule is [Be+2].[Se-2].[Se-2].[Zn+2]. The fourth-order valence-electron chi connectivity index (χ4n) is 0. The van der Waals surface area contributed by atoms with Crippen LogP contribution >= 0.6 is 0 Å². The van der Waals surface area contributed by atoms with E-state index in [1.807, 2.05) is 0 Å². The van der Waals surface area contributed by atoms with Crippen molar-refractivity contribution in [2.75, 3.05) is 0 Å². The van der Waals surface area contributed by atoms with E-state index in [2.05, 4.69) is 0 Å². The van der Waals surface area contributed by atoms with Gasteiger partial charge in [0.25, 0.3) is 0 Å². The minimum atomic E-state index is 0. The Balaban J connectivity index is 0. The van der Waals surface area contributed by atoms with Crippen molar-refractivity contribution in [3.05, 3.63) is 0 Å². The molecule has 4 heavy (non-hydrogen) atoms. The van der Waals surface area contributed by atoms with E-state index in [0.717, 1.165) is 0 Å². The Morgan fingerprint density at radius 2 is 0.750 bits per heavy atom. The first kappa shape index (κ1) is 40.6. The first-order chi connectivity index (χ1) is 0. The fourth-order valence-corrected chi connectivity index (χ4v) is 0. The molecule has 0 aromatic rings. The molecule has 0 N–H and O–H groups in total. The molecule has 0 fully saturated rings. The van der Waals surface area contributed by atoms with E-state index in [0.29, 0.717) is 0 Å². The van der Waals surface area contributed by atoms with Crippen molar-refractivity contribution < 1.29 is 19.5 Å². The van der Waals surface area contributed by atoms with Gasteiger partial charge < -0.3 is 34.1 Å². The van der Waals surface area contributed by atoms with Crippen LogP contribution in [0.25, 0.3) is 0 Å². The van der Waals surface area contributed by atoms with Crippen LogP contribution in [0.1, 0.15) is 0 Å². The first-order valence-electron chi connectivity index (χ1n) is 0. The molecule has 0 aliphatic rings. The summed E-state index contributed by atoms with van der Waals surface area (Å²) in [5.41, 5.74) is 0. The molecule has 0 amide bonds. The molecule has 0 bridgehead atoms. The molecule has 0 aliphatic carbocycles. The zero-order chi connectivity index (χ0) is 0. The topological polar surface area (TPSA) is 0 Å². The van der Waals surface area contributed by atoms with Crippen LogP contribution in [0.5, 0.6) is 0 Å². The smallest absolute Gasteiger partial charge is 2.00 e. The van der Waals surface area contributed by atoms with Gasteiger partial charge in [0, 0.05) is 0 Å². The number of hydrogen-bond acceptors (Lipinski definition) is 0. The summed E-state index contributed by atoms with van der Waals surface area (Å²) >= 11 is 0. The normalized spacial score (nSPS) is 0. The summed E-state index contributed by atoms with van der Waals surface area (Å²) < 4.78 is 0. The zero-order valence-corrected chi connectivity index (χ0v) is 8.62. The van der Waals surface area contributed by atoms with Crippen molar-refractivity contribution in [1.82, 2.24) is 0 Å². The fraction of sp³-hybridized carbons (Fsp3) is 0. The van der Waals surface area contributed by atoms with Gasteiger partial charge in [-0.05, 0) is 0 Å². The van der Waals surface area contributed by atoms with Crippen molar-refractivity contribution >= 4 is 44.3 Å². The third-order valence-corrected chi connectivity index (χ3v) is 0. The van der Waals surface area contributed by atoms with Gasteiger partial charge in [-0.1, -0.05) is 0 Å². The maximum Gasteiger partial charge on any atom is 2.00 e. The molecular formula is BeSe2Zn. The molecular weight excluding hydrogens is 232 g/mol. The predicted octanol–water partition coefficient (Wildman–Crippen LogP) is -1.14. The predicted molar refractivity (Wildman–Crippen MR) is 17.3 cm³/mol. The summed E-state index contributed by atoms with van der Waals surface area (Å²) in [5, 5.41) is 0. The van der Waals surface area contributed by atoms with Gasteiger partial charge in [-0.15, -0.1) is 0 Å². The molecule has 0 unspecified atom stereocenters. The van der Waals surface area contributed by atoms with Crippen LogP contribution in [0.2, 0.25) is 0 Å². The maximum absolute atomic E-state index is 0. The van der Waals surface area contributed by atoms with E-state index in [1.165, 1.54) is 0 Å². The van der Waals surface area contributed by atoms with Crippen molar-refractivity contribution in [3.63, 3.8) is 0 Å². The van der Waals surface area contributed by atoms with Gasteiger partial charge in [-0.3, -0.25) is 0 Å². The minimum absolute atomic E-state index is 0. The molecule has 0 aromatic carbocycles. The molecule has 0 radical (unpaired) electrons. The molecule has 4 heteroatoms. The second-order valence-electron chi connectivity index (χ2n) is 0. The second-order valence-corrected chi connectivity index (χ2v) is 0. The summed E-state index contributed by atoms with van der Waals surface area (Å²) in [4.78, 5) is 0. The molecule has 0 aliphatic heterocycles. The quantitative estimate of drug-likeness (QED) is 0.463. The van der Waals surface area contributed by atoms with Gasteiger partial charge >= 0.3 is 29.6 Å². The van der Waals surface area contributed by atoms with Crippen LogP contribution in [-0.4, -0.2) is 44.3 Å². The largest absolute Gasteiger partial charge is 2.00 e. The molecule has 16 valence electrons. The zero-order valence-electron chi connectivity index (χ0n) is 2.23. The van der Waals surface area contributed by atoms with E-state index in [1.54, 1.807) is 0 Å². The molecule has 0 saturated carbocycles. The Hall–Kier alpha value is 1.83. The van der Waals surface area contributed by atoms with Crippen molar-refractivity contribution in [1.29, 1.82) is 0 Å². The van der Waals surface area contributed by atoms with Crippen molar-refractivity contribution in [2.45, 2.75) is 0 Å². The van der Waals surface area contributed by atoms with E-state index >= 15 is 0 Å². The standard InChI is InChI=1S/Be.2Se.Zn/q+2;2*-2;+2. The van der Waals surface area contributed by atoms with E-state index < -0.39 is 0 Å². The van der Waals surface area contributed by atoms with Crippen LogP contribution in [0.3, 0.4) is 0 Å². The summed E-state index contributed by atoms with van der Waals surface area (Å²) in [6.07, 6.45) is 0. The third-order valence-electron chi connectivity index (χ3n) is 0. The van der Waals surface area contributed by atoms with Crippen LogP contribution in [0.15, 0.2) is 0 Å². The van der Waals surface area contributed by atoms with Crippen LogP contribution < -0.4 is 0 Å². The molecule has 0 nitrogen and oxygen atoms in total. The van der Waals surface area contributed by atoms with Gasteiger partial charge in [0.05, 0.1) is 0 Å². The van der Waals surface area contributed by atoms with Gasteiger partial charge in [0.1, 0.15) is 0 Å². The second kappa shape index (κ2) is 21.1. The summed E-state index contributed by atoms with van der Waals surface area (Å²) in [6.45, 7) is 0. The first-order valence-corrected chi connectivity index (χ1v) is 0. The molecule has 0 atom stereocenters. The van der Waals surface area contributed by atoms with E-state index in [4.69, 9.17) is 0 Å². The van der Waals surface area contributed by atoms with E-state index in [-0.39, 0.29) is 63.7 Å². The molecule has 0 spiro atoms. The molecule has 0 aromatic heterocycles. The van der Waals surface area contributed by atoms with Crippen LogP contribution in [-0.2, 0) is 19.5 Å². The molecule has 0 rings (SSSR count). The van der Waals surface area contributed by atoms with Gasteiger partial charge in [-0.25, -0.2) is 0 Å². The Morgan fingerprint density at radius 1 is 0.750 bits per heavy atom. The Labute approximate surface area is 63.4 Å². The average molecular weight is 232 g/mol. The minimum Gasteiger partial charge on any atom is -2.00 e. The van der Waals surface area contributed by atoms with Gasteiger partial charge in [-0.2, -0.15) is 0 Å². The number of rotatable bonds is 0. The van der Waals surface area contributed by atoms with E-state index in [9.17, 15) is 0 Å². The average Bonchev–Trinajstić information content (AvgIpc) is 0. The Kier molecular flexibility index (Phi) is 215. The Morgan fingerprint density at radius 3 is 0.750 bits per heavy atom. The van der Waals surface area contributed by atoms with Gasteiger partial charge in [0.2, 0.25) is 0 Å².